The molecule has 1 aliphatic heterocycles. The summed E-state index contributed by atoms with van der Waals surface area (Å²) in [5, 5.41) is 0. The Morgan fingerprint density at radius 1 is 1.00 bits per heavy atom. The van der Waals surface area contributed by atoms with Gasteiger partial charge in [0.25, 0.3) is 12.4 Å². The lowest BCUT2D eigenvalue weighted by Gasteiger charge is -1.91. The van der Waals surface area contributed by atoms with Crippen molar-refractivity contribution < 1.29 is 0 Å². The van der Waals surface area contributed by atoms with Crippen molar-refractivity contribution in [2.45, 2.75) is 13.8 Å². The summed E-state index contributed by atoms with van der Waals surface area (Å²) in [7, 11) is 0. The third-order valence-corrected chi connectivity index (χ3v) is 1.44. The van der Waals surface area contributed by atoms with E-state index >= 15 is 0 Å². The van der Waals surface area contributed by atoms with Crippen LogP contribution < -0.4 is 4.67 Å². The predicted molar refractivity (Wildman–Crippen MR) is 41.8 cm³/mol. The molecule has 0 atom stereocenters. The van der Waals surface area contributed by atoms with Crippen LogP contribution in [0.4, 0.5) is 0 Å². The van der Waals surface area contributed by atoms with Gasteiger partial charge in [0.2, 0.25) is 0 Å². The van der Waals surface area contributed by atoms with E-state index in [9.17, 15) is 0 Å². The van der Waals surface area contributed by atoms with Crippen LogP contribution >= 0.6 is 0 Å². The van der Waals surface area contributed by atoms with E-state index < -0.39 is 0 Å². The van der Waals surface area contributed by atoms with E-state index in [1.54, 1.807) is 0 Å². The minimum Gasteiger partial charge on any atom is -0.101 e. The SMILES string of the molecule is CC1=CC=[N+]=CC=C1C. The molecule has 46 valence electrons. The maximum atomic E-state index is 3.97. The van der Waals surface area contributed by atoms with Gasteiger partial charge in [0.15, 0.2) is 0 Å². The van der Waals surface area contributed by atoms with E-state index in [0.717, 1.165) is 0 Å². The van der Waals surface area contributed by atoms with Gasteiger partial charge in [-0.25, -0.2) is 0 Å². The van der Waals surface area contributed by atoms with Gasteiger partial charge in [-0.3, -0.25) is 0 Å². The fourth-order valence-electron chi connectivity index (χ4n) is 0.622. The van der Waals surface area contributed by atoms with Crippen molar-refractivity contribution >= 4 is 12.4 Å². The van der Waals surface area contributed by atoms with Crippen molar-refractivity contribution in [1.29, 1.82) is 0 Å². The minimum absolute atomic E-state index is 1.28. The minimum atomic E-state index is 1.28. The number of hydrogen-bond acceptors (Lipinski definition) is 0. The van der Waals surface area contributed by atoms with Gasteiger partial charge in [-0.15, -0.1) is 4.67 Å². The summed E-state index contributed by atoms with van der Waals surface area (Å²) in [6.45, 7) is 4.16. The fourth-order valence-corrected chi connectivity index (χ4v) is 0.622. The highest BCUT2D eigenvalue weighted by atomic mass is 14.5. The molecule has 0 saturated carbocycles. The van der Waals surface area contributed by atoms with E-state index in [1.165, 1.54) is 11.1 Å². The molecule has 1 rings (SSSR count). The maximum absolute atomic E-state index is 3.97. The second-order valence-corrected chi connectivity index (χ2v) is 2.15. The van der Waals surface area contributed by atoms with Crippen molar-refractivity contribution in [3.63, 3.8) is 0 Å². The van der Waals surface area contributed by atoms with Crippen molar-refractivity contribution in [3.8, 4) is 0 Å². The van der Waals surface area contributed by atoms with Gasteiger partial charge in [-0.05, 0) is 25.0 Å². The summed E-state index contributed by atoms with van der Waals surface area (Å²) >= 11 is 0. The lowest BCUT2D eigenvalue weighted by atomic mass is 10.1. The van der Waals surface area contributed by atoms with Crippen LogP contribution in [0, 0.1) is 0 Å². The van der Waals surface area contributed by atoms with Crippen LogP contribution in [0.1, 0.15) is 13.8 Å². The molecule has 0 saturated heterocycles. The second kappa shape index (κ2) is 2.47. The molecule has 0 spiro atoms. The van der Waals surface area contributed by atoms with Crippen molar-refractivity contribution in [2.75, 3.05) is 0 Å². The summed E-state index contributed by atoms with van der Waals surface area (Å²) in [5.41, 5.74) is 2.57. The molecule has 9 heavy (non-hydrogen) atoms. The van der Waals surface area contributed by atoms with Crippen LogP contribution in [-0.4, -0.2) is 12.4 Å². The van der Waals surface area contributed by atoms with Crippen LogP contribution in [0.15, 0.2) is 23.3 Å². The quantitative estimate of drug-likeness (QED) is 0.425. The third-order valence-electron chi connectivity index (χ3n) is 1.44. The molecule has 0 unspecified atom stereocenters. The molecule has 0 aromatic rings. The molecular formula is C8H10N+. The molecule has 0 fully saturated rings. The zero-order chi connectivity index (χ0) is 6.69. The Balaban J connectivity index is 3.01. The smallest absolute Gasteiger partial charge is 0.101 e. The molecular weight excluding hydrogens is 110 g/mol. The predicted octanol–water partition coefficient (Wildman–Crippen LogP) is 1.10. The van der Waals surface area contributed by atoms with Gasteiger partial charge in [-0.2, -0.15) is 0 Å². The Morgan fingerprint density at radius 3 is 1.89 bits per heavy atom. The number of nitrogens with zero attached hydrogens (tertiary/aromatic N) is 1. The summed E-state index contributed by atoms with van der Waals surface area (Å²) < 4.78 is 3.97. The standard InChI is InChI=1S/C8H10N/c1-7-3-5-9-6-4-8(7)2/h3-6H,1-2H3/q+1. The molecule has 1 nitrogen and oxygen atoms in total. The molecule has 1 heterocycles. The van der Waals surface area contributed by atoms with Gasteiger partial charge < -0.3 is 0 Å². The second-order valence-electron chi connectivity index (χ2n) is 2.15. The first-order valence-electron chi connectivity index (χ1n) is 3.01. The van der Waals surface area contributed by atoms with E-state index in [2.05, 4.69) is 18.5 Å². The lowest BCUT2D eigenvalue weighted by Crippen LogP contribution is -1.77. The normalized spacial score (nSPS) is 16.7. The lowest BCUT2D eigenvalue weighted by molar-refractivity contribution is 1.37. The summed E-state index contributed by atoms with van der Waals surface area (Å²) in [6, 6.07) is 0. The topological polar surface area (TPSA) is 14.1 Å². The highest BCUT2D eigenvalue weighted by Gasteiger charge is 1.94. The van der Waals surface area contributed by atoms with Crippen LogP contribution in [-0.2, 0) is 0 Å². The van der Waals surface area contributed by atoms with Crippen LogP contribution in [0.2, 0.25) is 0 Å². The molecule has 0 aliphatic carbocycles. The Morgan fingerprint density at radius 2 is 1.44 bits per heavy atom. The monoisotopic (exact) mass is 120 g/mol. The highest BCUT2D eigenvalue weighted by molar-refractivity contribution is 5.83. The Labute approximate surface area is 55.1 Å². The van der Waals surface area contributed by atoms with E-state index in [-0.39, 0.29) is 0 Å². The largest absolute Gasteiger partial charge is 0.292 e. The van der Waals surface area contributed by atoms with Crippen molar-refractivity contribution in [2.24, 2.45) is 0 Å². The zero-order valence-electron chi connectivity index (χ0n) is 5.76. The molecule has 0 amide bonds. The summed E-state index contributed by atoms with van der Waals surface area (Å²) in [4.78, 5) is 0. The van der Waals surface area contributed by atoms with Crippen molar-refractivity contribution in [1.82, 2.24) is 4.67 Å². The highest BCUT2D eigenvalue weighted by Crippen LogP contribution is 2.05. The zero-order valence-corrected chi connectivity index (χ0v) is 5.76. The molecule has 0 aromatic heterocycles. The average Bonchev–Trinajstić information content (AvgIpc) is 1.99. The van der Waals surface area contributed by atoms with E-state index in [0.29, 0.717) is 0 Å². The fraction of sp³-hybridized carbons (Fsp3) is 0.250. The molecule has 0 aromatic carbocycles. The van der Waals surface area contributed by atoms with Gasteiger partial charge in [0.1, 0.15) is 0 Å². The molecule has 0 bridgehead atoms. The van der Waals surface area contributed by atoms with Gasteiger partial charge >= 0.3 is 0 Å². The number of hydrogen-bond donors (Lipinski definition) is 0. The maximum Gasteiger partial charge on any atom is 0.292 e. The number of rotatable bonds is 0. The Bertz CT molecular complexity index is 203. The third kappa shape index (κ3) is 1.41. The molecule has 0 N–H and O–H groups in total. The van der Waals surface area contributed by atoms with E-state index in [4.69, 9.17) is 0 Å². The van der Waals surface area contributed by atoms with Crippen molar-refractivity contribution in [3.05, 3.63) is 23.3 Å². The van der Waals surface area contributed by atoms with Gasteiger partial charge in [-0.1, -0.05) is 0 Å². The first kappa shape index (κ1) is 6.06. The Kier molecular flexibility index (Phi) is 1.66. The molecule has 1 heteroatoms. The van der Waals surface area contributed by atoms with Gasteiger partial charge in [0.05, 0.1) is 0 Å². The van der Waals surface area contributed by atoms with Crippen LogP contribution in [0.3, 0.4) is 0 Å². The van der Waals surface area contributed by atoms with Crippen LogP contribution in [0.5, 0.6) is 0 Å². The molecule has 1 aliphatic rings. The average molecular weight is 120 g/mol. The van der Waals surface area contributed by atoms with Crippen LogP contribution in [0.25, 0.3) is 0 Å². The van der Waals surface area contributed by atoms with E-state index in [1.807, 2.05) is 24.6 Å². The summed E-state index contributed by atoms with van der Waals surface area (Å²) in [6.07, 6.45) is 7.63. The summed E-state index contributed by atoms with van der Waals surface area (Å²) in [5.74, 6) is 0. The Hall–Kier alpha value is -1.07. The van der Waals surface area contributed by atoms with Gasteiger partial charge in [0, 0.05) is 12.2 Å². The number of allylic oxidation sites excluding steroid dienone is 4. The molecule has 0 radical (unpaired) electrons. The first-order valence-corrected chi connectivity index (χ1v) is 3.01. The first-order chi connectivity index (χ1) is 4.30.